The monoisotopic (exact) mass is 484 g/mol. The summed E-state index contributed by atoms with van der Waals surface area (Å²) >= 11 is 0. The third-order valence-corrected chi connectivity index (χ3v) is 6.24. The molecule has 4 aromatic carbocycles. The Morgan fingerprint density at radius 3 is 2.38 bits per heavy atom. The van der Waals surface area contributed by atoms with Crippen LogP contribution in [0.4, 0.5) is 22.7 Å². The first-order valence-electron chi connectivity index (χ1n) is 12.0. The summed E-state index contributed by atoms with van der Waals surface area (Å²) in [5.41, 5.74) is 13.3. The summed E-state index contributed by atoms with van der Waals surface area (Å²) in [5, 5.41) is 8.52. The first kappa shape index (κ1) is 22.4. The minimum atomic E-state index is -0.0796. The number of para-hydroxylation sites is 2. The first-order valence-corrected chi connectivity index (χ1v) is 12.0. The van der Waals surface area contributed by atoms with Gasteiger partial charge >= 0.3 is 0 Å². The number of carbonyl (C=O) groups excluding carboxylic acids is 1. The maximum atomic E-state index is 12.4. The number of nitrogens with zero attached hydrogens (tertiary/aromatic N) is 1. The topological polar surface area (TPSA) is 93.2 Å². The number of amides is 1. The number of hydrogen-bond acceptors (Lipinski definition) is 5. The second-order valence-corrected chi connectivity index (χ2v) is 8.88. The summed E-state index contributed by atoms with van der Waals surface area (Å²) in [4.78, 5) is 17.0. The molecule has 0 aliphatic heterocycles. The van der Waals surface area contributed by atoms with Gasteiger partial charge < -0.3 is 20.8 Å². The molecule has 0 radical (unpaired) electrons. The van der Waals surface area contributed by atoms with Crippen molar-refractivity contribution < 1.29 is 9.21 Å². The van der Waals surface area contributed by atoms with Crippen molar-refractivity contribution in [3.05, 3.63) is 115 Å². The molecule has 6 aromatic rings. The fourth-order valence-electron chi connectivity index (χ4n) is 4.43. The number of nitrogens with one attached hydrogen (secondary N) is 2. The van der Waals surface area contributed by atoms with E-state index in [1.54, 1.807) is 18.3 Å². The van der Waals surface area contributed by atoms with E-state index in [1.807, 2.05) is 78.9 Å². The average molecular weight is 485 g/mol. The molecule has 1 amide bonds. The second kappa shape index (κ2) is 9.51. The Bertz CT molecular complexity index is 1720. The molecule has 0 unspecified atom stereocenters. The van der Waals surface area contributed by atoms with E-state index in [0.717, 1.165) is 55.8 Å². The van der Waals surface area contributed by atoms with Crippen LogP contribution in [0.2, 0.25) is 0 Å². The van der Waals surface area contributed by atoms with Crippen LogP contribution in [-0.2, 0) is 11.2 Å². The van der Waals surface area contributed by atoms with Crippen LogP contribution >= 0.6 is 0 Å². The SMILES string of the molecule is Nc1ccc(CC(=O)Nc2ccc(Nc3ccnc(-c4cccc5c4oc4ccccc45)c3)cc2)cc1. The lowest BCUT2D eigenvalue weighted by molar-refractivity contribution is -0.115. The van der Waals surface area contributed by atoms with Gasteiger partial charge in [0.1, 0.15) is 11.2 Å². The summed E-state index contributed by atoms with van der Waals surface area (Å²) in [6.45, 7) is 0. The van der Waals surface area contributed by atoms with Crippen LogP contribution in [-0.4, -0.2) is 10.9 Å². The molecule has 0 saturated heterocycles. The molecule has 6 rings (SSSR count). The van der Waals surface area contributed by atoms with Crippen molar-refractivity contribution in [2.24, 2.45) is 0 Å². The minimum absolute atomic E-state index is 0.0796. The molecule has 2 aromatic heterocycles. The van der Waals surface area contributed by atoms with Gasteiger partial charge in [0.25, 0.3) is 0 Å². The number of fused-ring (bicyclic) bond motifs is 3. The van der Waals surface area contributed by atoms with E-state index in [2.05, 4.69) is 27.8 Å². The highest BCUT2D eigenvalue weighted by Crippen LogP contribution is 2.35. The number of carbonyl (C=O) groups is 1. The van der Waals surface area contributed by atoms with Gasteiger partial charge in [0.05, 0.1) is 12.1 Å². The van der Waals surface area contributed by atoms with Crippen LogP contribution < -0.4 is 16.4 Å². The molecule has 0 aliphatic rings. The van der Waals surface area contributed by atoms with E-state index in [9.17, 15) is 4.79 Å². The molecular formula is C31H24N4O2. The Morgan fingerprint density at radius 2 is 1.54 bits per heavy atom. The smallest absolute Gasteiger partial charge is 0.228 e. The van der Waals surface area contributed by atoms with Crippen molar-refractivity contribution in [2.75, 3.05) is 16.4 Å². The Kier molecular flexibility index (Phi) is 5.75. The molecule has 0 aliphatic carbocycles. The highest BCUT2D eigenvalue weighted by molar-refractivity contribution is 6.09. The van der Waals surface area contributed by atoms with E-state index in [4.69, 9.17) is 10.2 Å². The number of rotatable bonds is 6. The summed E-state index contributed by atoms with van der Waals surface area (Å²) in [6.07, 6.45) is 2.07. The number of nitrogens with two attached hydrogens (primary N) is 1. The Hall–Kier alpha value is -5.10. The number of aromatic nitrogens is 1. The van der Waals surface area contributed by atoms with Crippen molar-refractivity contribution in [3.63, 3.8) is 0 Å². The fourth-order valence-corrected chi connectivity index (χ4v) is 4.43. The second-order valence-electron chi connectivity index (χ2n) is 8.88. The molecule has 6 nitrogen and oxygen atoms in total. The van der Waals surface area contributed by atoms with Gasteiger partial charge in [0.2, 0.25) is 5.91 Å². The van der Waals surface area contributed by atoms with Crippen LogP contribution in [0.5, 0.6) is 0 Å². The van der Waals surface area contributed by atoms with Crippen LogP contribution in [0.1, 0.15) is 5.56 Å². The first-order chi connectivity index (χ1) is 18.1. The summed E-state index contributed by atoms with van der Waals surface area (Å²) in [5.74, 6) is -0.0796. The van der Waals surface area contributed by atoms with E-state index in [-0.39, 0.29) is 12.3 Å². The fraction of sp³-hybridized carbons (Fsp3) is 0.0323. The van der Waals surface area contributed by atoms with E-state index in [1.165, 1.54) is 0 Å². The van der Waals surface area contributed by atoms with Gasteiger partial charge in [0.15, 0.2) is 0 Å². The van der Waals surface area contributed by atoms with Gasteiger partial charge in [-0.2, -0.15) is 0 Å². The third kappa shape index (κ3) is 4.73. The van der Waals surface area contributed by atoms with Crippen molar-refractivity contribution in [2.45, 2.75) is 6.42 Å². The van der Waals surface area contributed by atoms with Gasteiger partial charge in [0, 0.05) is 45.3 Å². The molecule has 37 heavy (non-hydrogen) atoms. The zero-order valence-corrected chi connectivity index (χ0v) is 19.9. The van der Waals surface area contributed by atoms with Crippen molar-refractivity contribution in [1.82, 2.24) is 4.98 Å². The number of pyridine rings is 1. The quantitative estimate of drug-likeness (QED) is 0.218. The maximum Gasteiger partial charge on any atom is 0.228 e. The largest absolute Gasteiger partial charge is 0.455 e. The standard InChI is InChI=1S/C31H24N4O2/c32-21-10-8-20(9-11-21)18-30(36)35-23-14-12-22(13-15-23)34-24-16-17-33-28(19-24)27-6-3-5-26-25-4-1-2-7-29(25)37-31(26)27/h1-17,19H,18,32H2,(H,33,34)(H,35,36). The summed E-state index contributed by atoms with van der Waals surface area (Å²) < 4.78 is 6.18. The Morgan fingerprint density at radius 1 is 0.784 bits per heavy atom. The molecular weight excluding hydrogens is 460 g/mol. The molecule has 2 heterocycles. The predicted octanol–water partition coefficient (Wildman–Crippen LogP) is 7.16. The molecule has 6 heteroatoms. The van der Waals surface area contributed by atoms with E-state index in [0.29, 0.717) is 5.69 Å². The van der Waals surface area contributed by atoms with Crippen LogP contribution in [0.3, 0.4) is 0 Å². The molecule has 0 atom stereocenters. The molecule has 0 saturated carbocycles. The van der Waals surface area contributed by atoms with Gasteiger partial charge in [-0.3, -0.25) is 9.78 Å². The van der Waals surface area contributed by atoms with Crippen LogP contribution in [0.25, 0.3) is 33.2 Å². The predicted molar refractivity (Wildman–Crippen MR) is 150 cm³/mol. The summed E-state index contributed by atoms with van der Waals surface area (Å²) in [6, 6.07) is 33.0. The number of benzene rings is 4. The highest BCUT2D eigenvalue weighted by Gasteiger charge is 2.13. The average Bonchev–Trinajstić information content (AvgIpc) is 3.30. The van der Waals surface area contributed by atoms with E-state index < -0.39 is 0 Å². The molecule has 180 valence electrons. The van der Waals surface area contributed by atoms with Crippen molar-refractivity contribution >= 4 is 50.6 Å². The third-order valence-electron chi connectivity index (χ3n) is 6.24. The summed E-state index contributed by atoms with van der Waals surface area (Å²) in [7, 11) is 0. The van der Waals surface area contributed by atoms with Crippen LogP contribution in [0, 0.1) is 0 Å². The molecule has 0 fully saturated rings. The Labute approximate surface area is 213 Å². The molecule has 0 spiro atoms. The Balaban J connectivity index is 1.18. The van der Waals surface area contributed by atoms with Gasteiger partial charge in [-0.25, -0.2) is 0 Å². The number of hydrogen-bond donors (Lipinski definition) is 3. The number of anilines is 4. The molecule has 4 N–H and O–H groups in total. The van der Waals surface area contributed by atoms with Crippen molar-refractivity contribution in [3.8, 4) is 11.3 Å². The van der Waals surface area contributed by atoms with Crippen molar-refractivity contribution in [1.29, 1.82) is 0 Å². The normalized spacial score (nSPS) is 11.0. The van der Waals surface area contributed by atoms with Crippen LogP contribution in [0.15, 0.2) is 114 Å². The van der Waals surface area contributed by atoms with Gasteiger partial charge in [-0.1, -0.05) is 42.5 Å². The minimum Gasteiger partial charge on any atom is -0.455 e. The zero-order valence-electron chi connectivity index (χ0n) is 19.9. The van der Waals surface area contributed by atoms with Gasteiger partial charge in [-0.15, -0.1) is 0 Å². The highest BCUT2D eigenvalue weighted by atomic mass is 16.3. The number of nitrogen functional groups attached to an aromatic ring is 1. The lowest BCUT2D eigenvalue weighted by atomic mass is 10.1. The molecule has 0 bridgehead atoms. The van der Waals surface area contributed by atoms with Gasteiger partial charge in [-0.05, 0) is 66.2 Å². The lowest BCUT2D eigenvalue weighted by Crippen LogP contribution is -2.14. The number of furan rings is 1. The zero-order chi connectivity index (χ0) is 25.2. The van der Waals surface area contributed by atoms with E-state index >= 15 is 0 Å². The maximum absolute atomic E-state index is 12.4. The lowest BCUT2D eigenvalue weighted by Gasteiger charge is -2.10.